The minimum atomic E-state index is -4.41. The first-order valence-electron chi connectivity index (χ1n) is 7.29. The third-order valence-corrected chi connectivity index (χ3v) is 4.80. The highest BCUT2D eigenvalue weighted by atomic mass is 32.2. The Kier molecular flexibility index (Phi) is 3.38. The number of carbonyl (C=O) groups excluding carboxylic acids is 1. The van der Waals surface area contributed by atoms with Crippen molar-refractivity contribution in [3.63, 3.8) is 0 Å². The van der Waals surface area contributed by atoms with E-state index in [1.165, 1.54) is 18.3 Å². The summed E-state index contributed by atoms with van der Waals surface area (Å²) < 4.78 is 32.5. The van der Waals surface area contributed by atoms with Gasteiger partial charge in [0.05, 0.1) is 11.1 Å². The van der Waals surface area contributed by atoms with Gasteiger partial charge in [-0.15, -0.1) is 0 Å². The van der Waals surface area contributed by atoms with E-state index in [1.54, 1.807) is 36.5 Å². The molecule has 124 valence electrons. The summed E-state index contributed by atoms with van der Waals surface area (Å²) in [5.41, 5.74) is 1.85. The quantitative estimate of drug-likeness (QED) is 0.541. The number of anilines is 1. The molecule has 2 N–H and O–H groups in total. The molecule has 0 fully saturated rings. The fourth-order valence-corrected chi connectivity index (χ4v) is 3.47. The van der Waals surface area contributed by atoms with Crippen LogP contribution in [0.25, 0.3) is 22.6 Å². The standard InChI is InChI=1S/C17H11N3O4S/c21-17-13(12-4-2-8-19-16(12)20-17)9-10-5-6-14(25(22,23)24)15-11(10)3-1-7-18-15/h1-9H,(H,19,20,21)(H,22,23,24)/b13-9-. The number of amides is 1. The molecule has 25 heavy (non-hydrogen) atoms. The molecule has 1 amide bonds. The number of pyridine rings is 2. The maximum Gasteiger partial charge on any atom is 0.296 e. The van der Waals surface area contributed by atoms with Gasteiger partial charge in [0.2, 0.25) is 0 Å². The molecule has 1 aliphatic heterocycles. The number of benzene rings is 1. The smallest absolute Gasteiger partial charge is 0.296 e. The molecule has 0 spiro atoms. The Labute approximate surface area is 142 Å². The first-order valence-corrected chi connectivity index (χ1v) is 8.73. The van der Waals surface area contributed by atoms with Gasteiger partial charge >= 0.3 is 0 Å². The number of rotatable bonds is 2. The minimum Gasteiger partial charge on any atom is -0.306 e. The SMILES string of the molecule is O=C1Nc2ncccc2/C1=C/c1ccc(S(=O)(=O)O)c2ncccc12. The molecule has 0 radical (unpaired) electrons. The average Bonchev–Trinajstić information content (AvgIpc) is 2.90. The maximum atomic E-state index is 12.2. The van der Waals surface area contributed by atoms with Crippen molar-refractivity contribution in [1.82, 2.24) is 9.97 Å². The largest absolute Gasteiger partial charge is 0.306 e. The number of hydrogen-bond donors (Lipinski definition) is 2. The number of aromatic nitrogens is 2. The van der Waals surface area contributed by atoms with Crippen molar-refractivity contribution in [3.8, 4) is 0 Å². The minimum absolute atomic E-state index is 0.143. The van der Waals surface area contributed by atoms with E-state index < -0.39 is 10.1 Å². The van der Waals surface area contributed by atoms with E-state index in [4.69, 9.17) is 0 Å². The van der Waals surface area contributed by atoms with E-state index in [2.05, 4.69) is 15.3 Å². The number of carbonyl (C=O) groups is 1. The molecule has 0 unspecified atom stereocenters. The van der Waals surface area contributed by atoms with E-state index in [1.807, 2.05) is 0 Å². The third kappa shape index (κ3) is 2.57. The van der Waals surface area contributed by atoms with Crippen molar-refractivity contribution in [3.05, 3.63) is 59.9 Å². The summed E-state index contributed by atoms with van der Waals surface area (Å²) in [7, 11) is -4.41. The monoisotopic (exact) mass is 353 g/mol. The zero-order valence-corrected chi connectivity index (χ0v) is 13.5. The van der Waals surface area contributed by atoms with Gasteiger partial charge in [0.15, 0.2) is 0 Å². The Balaban J connectivity index is 1.97. The molecule has 1 aliphatic rings. The van der Waals surface area contributed by atoms with Gasteiger partial charge in [0.25, 0.3) is 16.0 Å². The molecule has 3 aromatic rings. The molecule has 7 nitrogen and oxygen atoms in total. The second-order valence-electron chi connectivity index (χ2n) is 5.44. The van der Waals surface area contributed by atoms with Crippen LogP contribution in [0.2, 0.25) is 0 Å². The van der Waals surface area contributed by atoms with Crippen molar-refractivity contribution in [2.75, 3.05) is 5.32 Å². The molecule has 0 atom stereocenters. The molecule has 4 rings (SSSR count). The van der Waals surface area contributed by atoms with E-state index in [0.29, 0.717) is 27.9 Å². The maximum absolute atomic E-state index is 12.2. The predicted molar refractivity (Wildman–Crippen MR) is 92.3 cm³/mol. The summed E-state index contributed by atoms with van der Waals surface area (Å²) in [6.07, 6.45) is 4.68. The van der Waals surface area contributed by atoms with Crippen LogP contribution in [0.3, 0.4) is 0 Å². The Morgan fingerprint density at radius 1 is 1.04 bits per heavy atom. The fraction of sp³-hybridized carbons (Fsp3) is 0. The number of fused-ring (bicyclic) bond motifs is 2. The van der Waals surface area contributed by atoms with Gasteiger partial charge in [-0.05, 0) is 35.9 Å². The Morgan fingerprint density at radius 2 is 1.80 bits per heavy atom. The van der Waals surface area contributed by atoms with Crippen molar-refractivity contribution in [1.29, 1.82) is 0 Å². The van der Waals surface area contributed by atoms with Crippen molar-refractivity contribution in [2.45, 2.75) is 4.90 Å². The van der Waals surface area contributed by atoms with Crippen LogP contribution in [0.1, 0.15) is 11.1 Å². The molecular weight excluding hydrogens is 342 g/mol. The van der Waals surface area contributed by atoms with E-state index in [0.717, 1.165) is 0 Å². The predicted octanol–water partition coefficient (Wildman–Crippen LogP) is 2.37. The molecule has 1 aromatic carbocycles. The van der Waals surface area contributed by atoms with Gasteiger partial charge in [-0.25, -0.2) is 4.98 Å². The highest BCUT2D eigenvalue weighted by Crippen LogP contribution is 2.33. The average molecular weight is 353 g/mol. The van der Waals surface area contributed by atoms with E-state index in [9.17, 15) is 17.8 Å². The second-order valence-corrected chi connectivity index (χ2v) is 6.83. The number of nitrogens with one attached hydrogen (secondary N) is 1. The van der Waals surface area contributed by atoms with Gasteiger partial charge in [0.1, 0.15) is 10.7 Å². The summed E-state index contributed by atoms with van der Waals surface area (Å²) in [4.78, 5) is 20.1. The molecule has 0 saturated carbocycles. The lowest BCUT2D eigenvalue weighted by atomic mass is 10.0. The highest BCUT2D eigenvalue weighted by Gasteiger charge is 2.25. The van der Waals surface area contributed by atoms with Crippen LogP contribution in [-0.2, 0) is 14.9 Å². The summed E-state index contributed by atoms with van der Waals surface area (Å²) in [6.45, 7) is 0. The van der Waals surface area contributed by atoms with Crippen LogP contribution < -0.4 is 5.32 Å². The number of hydrogen-bond acceptors (Lipinski definition) is 5. The molecule has 8 heteroatoms. The summed E-state index contributed by atoms with van der Waals surface area (Å²) in [5, 5.41) is 3.19. The van der Waals surface area contributed by atoms with Crippen LogP contribution in [0.4, 0.5) is 5.82 Å². The van der Waals surface area contributed by atoms with Crippen LogP contribution in [-0.4, -0.2) is 28.8 Å². The zero-order chi connectivity index (χ0) is 17.6. The van der Waals surface area contributed by atoms with E-state index in [-0.39, 0.29) is 16.3 Å². The lowest BCUT2D eigenvalue weighted by molar-refractivity contribution is -0.110. The Morgan fingerprint density at radius 3 is 2.60 bits per heavy atom. The van der Waals surface area contributed by atoms with Gasteiger partial charge in [0, 0.05) is 23.3 Å². The molecule has 3 heterocycles. The normalized spacial score (nSPS) is 15.4. The molecular formula is C17H11N3O4S. The highest BCUT2D eigenvalue weighted by molar-refractivity contribution is 7.86. The summed E-state index contributed by atoms with van der Waals surface area (Å²) >= 11 is 0. The van der Waals surface area contributed by atoms with Gasteiger partial charge in [-0.2, -0.15) is 8.42 Å². The van der Waals surface area contributed by atoms with Crippen LogP contribution in [0, 0.1) is 0 Å². The van der Waals surface area contributed by atoms with Crippen LogP contribution in [0.5, 0.6) is 0 Å². The van der Waals surface area contributed by atoms with Crippen molar-refractivity contribution in [2.24, 2.45) is 0 Å². The second kappa shape index (κ2) is 5.47. The van der Waals surface area contributed by atoms with Crippen molar-refractivity contribution >= 4 is 44.4 Å². The zero-order valence-electron chi connectivity index (χ0n) is 12.7. The van der Waals surface area contributed by atoms with Gasteiger partial charge < -0.3 is 5.32 Å². The lowest BCUT2D eigenvalue weighted by Crippen LogP contribution is -2.04. The molecule has 0 saturated heterocycles. The first-order chi connectivity index (χ1) is 11.9. The molecule has 0 aliphatic carbocycles. The number of nitrogens with zero attached hydrogens (tertiary/aromatic N) is 2. The lowest BCUT2D eigenvalue weighted by Gasteiger charge is -2.07. The summed E-state index contributed by atoms with van der Waals surface area (Å²) in [6, 6.07) is 9.64. The Bertz CT molecular complexity index is 1170. The van der Waals surface area contributed by atoms with Gasteiger partial charge in [-0.3, -0.25) is 14.3 Å². The summed E-state index contributed by atoms with van der Waals surface area (Å²) in [5.74, 6) is 0.195. The third-order valence-electron chi connectivity index (χ3n) is 3.92. The van der Waals surface area contributed by atoms with Crippen LogP contribution in [0.15, 0.2) is 53.7 Å². The topological polar surface area (TPSA) is 109 Å². The Hall–Kier alpha value is -3.10. The molecule has 2 aromatic heterocycles. The van der Waals surface area contributed by atoms with Crippen molar-refractivity contribution < 1.29 is 17.8 Å². The molecule has 0 bridgehead atoms. The van der Waals surface area contributed by atoms with Crippen LogP contribution >= 0.6 is 0 Å². The van der Waals surface area contributed by atoms with Gasteiger partial charge in [-0.1, -0.05) is 12.1 Å². The fourth-order valence-electron chi connectivity index (χ4n) is 2.82. The first kappa shape index (κ1) is 15.4. The van der Waals surface area contributed by atoms with E-state index >= 15 is 0 Å².